The second-order valence-corrected chi connectivity index (χ2v) is 7.44. The summed E-state index contributed by atoms with van der Waals surface area (Å²) in [6, 6.07) is 14.6. The molecular formula is C22H26N2O4S. The number of ether oxygens (including phenoxy) is 3. The molecule has 0 aliphatic carbocycles. The average Bonchev–Trinajstić information content (AvgIpc) is 2.72. The van der Waals surface area contributed by atoms with Crippen molar-refractivity contribution in [3.05, 3.63) is 54.1 Å². The van der Waals surface area contributed by atoms with Crippen molar-refractivity contribution in [2.24, 2.45) is 0 Å². The third kappa shape index (κ3) is 5.92. The number of morpholine rings is 1. The topological polar surface area (TPSA) is 60.0 Å². The average molecular weight is 415 g/mol. The Balaban J connectivity index is 1.50. The van der Waals surface area contributed by atoms with Crippen molar-refractivity contribution in [1.82, 2.24) is 4.90 Å². The van der Waals surface area contributed by atoms with E-state index in [-0.39, 0.29) is 24.7 Å². The molecule has 0 spiro atoms. The SMILES string of the molecule is COc1ccc(NC(=O)COc2ccc(C(=S)N3C[C@@H](C)O[C@H](C)C3)cc2)cc1. The number of hydrogen-bond donors (Lipinski definition) is 1. The molecule has 0 aromatic heterocycles. The van der Waals surface area contributed by atoms with E-state index in [9.17, 15) is 4.79 Å². The molecule has 1 saturated heterocycles. The fraction of sp³-hybridized carbons (Fsp3) is 0.364. The molecule has 2 aromatic rings. The molecule has 0 bridgehead atoms. The summed E-state index contributed by atoms with van der Waals surface area (Å²) in [5, 5.41) is 2.79. The number of benzene rings is 2. The monoisotopic (exact) mass is 414 g/mol. The molecule has 7 heteroatoms. The molecule has 154 valence electrons. The van der Waals surface area contributed by atoms with Crippen LogP contribution in [0.15, 0.2) is 48.5 Å². The van der Waals surface area contributed by atoms with Crippen LogP contribution in [-0.4, -0.2) is 54.8 Å². The van der Waals surface area contributed by atoms with Crippen molar-refractivity contribution in [3.63, 3.8) is 0 Å². The zero-order valence-corrected chi connectivity index (χ0v) is 17.7. The van der Waals surface area contributed by atoms with E-state index in [1.54, 1.807) is 31.4 Å². The van der Waals surface area contributed by atoms with Crippen LogP contribution in [0.4, 0.5) is 5.69 Å². The van der Waals surface area contributed by atoms with Gasteiger partial charge in [-0.05, 0) is 62.4 Å². The van der Waals surface area contributed by atoms with Gasteiger partial charge in [0.2, 0.25) is 0 Å². The van der Waals surface area contributed by atoms with Gasteiger partial charge in [-0.15, -0.1) is 0 Å². The number of hydrogen-bond acceptors (Lipinski definition) is 5. The number of thiocarbonyl (C=S) groups is 1. The first-order chi connectivity index (χ1) is 13.9. The molecule has 0 saturated carbocycles. The van der Waals surface area contributed by atoms with Crippen molar-refractivity contribution in [2.75, 3.05) is 32.1 Å². The molecule has 1 aliphatic heterocycles. The normalized spacial score (nSPS) is 18.8. The molecule has 29 heavy (non-hydrogen) atoms. The summed E-state index contributed by atoms with van der Waals surface area (Å²) in [7, 11) is 1.60. The first-order valence-electron chi connectivity index (χ1n) is 9.56. The Morgan fingerprint density at radius 3 is 2.24 bits per heavy atom. The van der Waals surface area contributed by atoms with Crippen molar-refractivity contribution in [2.45, 2.75) is 26.1 Å². The number of nitrogens with one attached hydrogen (secondary N) is 1. The van der Waals surface area contributed by atoms with Gasteiger partial charge in [-0.1, -0.05) is 12.2 Å². The Morgan fingerprint density at radius 1 is 1.07 bits per heavy atom. The number of nitrogens with zero attached hydrogens (tertiary/aromatic N) is 1. The van der Waals surface area contributed by atoms with Crippen molar-refractivity contribution < 1.29 is 19.0 Å². The Kier molecular flexibility index (Phi) is 7.06. The number of anilines is 1. The molecule has 0 unspecified atom stereocenters. The standard InChI is InChI=1S/C22H26N2O4S/c1-15-12-24(13-16(2)28-15)22(29)17-4-8-20(9-5-17)27-14-21(25)23-18-6-10-19(26-3)11-7-18/h4-11,15-16H,12-14H2,1-3H3,(H,23,25)/t15-,16-/m1/s1. The lowest BCUT2D eigenvalue weighted by atomic mass is 10.1. The maximum absolute atomic E-state index is 12.1. The lowest BCUT2D eigenvalue weighted by molar-refractivity contribution is -0.118. The second-order valence-electron chi connectivity index (χ2n) is 7.06. The highest BCUT2D eigenvalue weighted by atomic mass is 32.1. The summed E-state index contributed by atoms with van der Waals surface area (Å²) in [4.78, 5) is 15.1. The van der Waals surface area contributed by atoms with Gasteiger partial charge in [-0.25, -0.2) is 0 Å². The second kappa shape index (κ2) is 9.71. The smallest absolute Gasteiger partial charge is 0.262 e. The zero-order chi connectivity index (χ0) is 20.8. The first-order valence-corrected chi connectivity index (χ1v) is 9.97. The van der Waals surface area contributed by atoms with Gasteiger partial charge in [-0.2, -0.15) is 0 Å². The zero-order valence-electron chi connectivity index (χ0n) is 16.9. The lowest BCUT2D eigenvalue weighted by Crippen LogP contribution is -2.47. The van der Waals surface area contributed by atoms with Gasteiger partial charge in [0.05, 0.1) is 19.3 Å². The fourth-order valence-electron chi connectivity index (χ4n) is 3.24. The highest BCUT2D eigenvalue weighted by molar-refractivity contribution is 7.80. The predicted octanol–water partition coefficient (Wildman–Crippen LogP) is 3.50. The lowest BCUT2D eigenvalue weighted by Gasteiger charge is -2.37. The molecule has 1 N–H and O–H groups in total. The van der Waals surface area contributed by atoms with Crippen LogP contribution in [0, 0.1) is 0 Å². The van der Waals surface area contributed by atoms with E-state index >= 15 is 0 Å². The summed E-state index contributed by atoms with van der Waals surface area (Å²) in [5.41, 5.74) is 1.64. The molecule has 1 aliphatic rings. The molecule has 6 nitrogen and oxygen atoms in total. The van der Waals surface area contributed by atoms with Gasteiger partial charge in [0, 0.05) is 24.3 Å². The Hall–Kier alpha value is -2.64. The summed E-state index contributed by atoms with van der Waals surface area (Å²) in [6.07, 6.45) is 0.312. The molecule has 1 heterocycles. The van der Waals surface area contributed by atoms with Gasteiger partial charge < -0.3 is 24.4 Å². The molecule has 2 atom stereocenters. The number of rotatable bonds is 6. The van der Waals surface area contributed by atoms with E-state index in [4.69, 9.17) is 26.4 Å². The summed E-state index contributed by atoms with van der Waals surface area (Å²) >= 11 is 5.64. The minimum atomic E-state index is -0.231. The van der Waals surface area contributed by atoms with E-state index in [1.807, 2.05) is 24.3 Å². The van der Waals surface area contributed by atoms with Crippen molar-refractivity contribution in [3.8, 4) is 11.5 Å². The molecule has 2 aromatic carbocycles. The molecular weight excluding hydrogens is 388 g/mol. The van der Waals surface area contributed by atoms with Crippen LogP contribution in [0.3, 0.4) is 0 Å². The number of amides is 1. The van der Waals surface area contributed by atoms with Crippen LogP contribution in [0.5, 0.6) is 11.5 Å². The molecule has 3 rings (SSSR count). The third-order valence-corrected chi connectivity index (χ3v) is 5.05. The quantitative estimate of drug-likeness (QED) is 0.730. The van der Waals surface area contributed by atoms with Gasteiger partial charge in [0.15, 0.2) is 6.61 Å². The molecule has 1 fully saturated rings. The number of carbonyl (C=O) groups excluding carboxylic acids is 1. The van der Waals surface area contributed by atoms with Crippen LogP contribution < -0.4 is 14.8 Å². The summed E-state index contributed by atoms with van der Waals surface area (Å²) in [5.74, 6) is 1.12. The van der Waals surface area contributed by atoms with Crippen LogP contribution >= 0.6 is 12.2 Å². The third-order valence-electron chi connectivity index (χ3n) is 4.55. The molecule has 1 amide bonds. The van der Waals surface area contributed by atoms with Gasteiger partial charge >= 0.3 is 0 Å². The summed E-state index contributed by atoms with van der Waals surface area (Å²) in [6.45, 7) is 5.60. The summed E-state index contributed by atoms with van der Waals surface area (Å²) < 4.78 is 16.4. The maximum Gasteiger partial charge on any atom is 0.262 e. The van der Waals surface area contributed by atoms with Gasteiger partial charge in [-0.3, -0.25) is 4.79 Å². The van der Waals surface area contributed by atoms with Crippen LogP contribution in [-0.2, 0) is 9.53 Å². The van der Waals surface area contributed by atoms with Crippen LogP contribution in [0.25, 0.3) is 0 Å². The van der Waals surface area contributed by atoms with Crippen molar-refractivity contribution >= 4 is 28.8 Å². The van der Waals surface area contributed by atoms with E-state index in [0.29, 0.717) is 11.4 Å². The minimum absolute atomic E-state index is 0.0751. The van der Waals surface area contributed by atoms with Crippen LogP contribution in [0.1, 0.15) is 19.4 Å². The van der Waals surface area contributed by atoms with E-state index in [0.717, 1.165) is 29.4 Å². The number of methoxy groups -OCH3 is 1. The van der Waals surface area contributed by atoms with E-state index in [2.05, 4.69) is 24.1 Å². The Bertz CT molecular complexity index is 829. The minimum Gasteiger partial charge on any atom is -0.497 e. The number of carbonyl (C=O) groups is 1. The predicted molar refractivity (Wildman–Crippen MR) is 117 cm³/mol. The van der Waals surface area contributed by atoms with Gasteiger partial charge in [0.1, 0.15) is 16.5 Å². The first kappa shape index (κ1) is 21.1. The Labute approximate surface area is 176 Å². The largest absolute Gasteiger partial charge is 0.497 e. The fourth-order valence-corrected chi connectivity index (χ4v) is 3.53. The van der Waals surface area contributed by atoms with E-state index in [1.165, 1.54) is 0 Å². The van der Waals surface area contributed by atoms with Crippen LogP contribution in [0.2, 0.25) is 0 Å². The maximum atomic E-state index is 12.1. The molecule has 0 radical (unpaired) electrons. The highest BCUT2D eigenvalue weighted by Gasteiger charge is 2.24. The van der Waals surface area contributed by atoms with E-state index < -0.39 is 0 Å². The van der Waals surface area contributed by atoms with Gasteiger partial charge in [0.25, 0.3) is 5.91 Å². The van der Waals surface area contributed by atoms with Crippen molar-refractivity contribution in [1.29, 1.82) is 0 Å². The Morgan fingerprint density at radius 2 is 1.66 bits per heavy atom. The highest BCUT2D eigenvalue weighted by Crippen LogP contribution is 2.19.